The normalized spacial score (nSPS) is 13.0. The third kappa shape index (κ3) is 3.83. The van der Waals surface area contributed by atoms with E-state index in [0.29, 0.717) is 18.0 Å². The molecule has 0 aliphatic rings. The van der Waals surface area contributed by atoms with Gasteiger partial charge in [0.1, 0.15) is 0 Å². The first-order valence-electron chi connectivity index (χ1n) is 6.90. The highest BCUT2D eigenvalue weighted by Gasteiger charge is 2.23. The maximum Gasteiger partial charge on any atom is 0.178 e. The Morgan fingerprint density at radius 3 is 2.62 bits per heavy atom. The average molecular weight is 310 g/mol. The van der Waals surface area contributed by atoms with E-state index in [0.717, 1.165) is 10.9 Å². The first kappa shape index (κ1) is 16.0. The van der Waals surface area contributed by atoms with E-state index in [2.05, 4.69) is 5.10 Å². The number of methoxy groups -OCH3 is 1. The Bertz CT molecular complexity index is 727. The van der Waals surface area contributed by atoms with Gasteiger partial charge in [0, 0.05) is 12.5 Å². The second-order valence-corrected chi connectivity index (χ2v) is 8.39. The fourth-order valence-electron chi connectivity index (χ4n) is 2.27. The molecule has 1 heterocycles. The van der Waals surface area contributed by atoms with Crippen LogP contribution in [0.5, 0.6) is 0 Å². The summed E-state index contributed by atoms with van der Waals surface area (Å²) in [4.78, 5) is 0.358. The molecule has 2 rings (SSSR count). The summed E-state index contributed by atoms with van der Waals surface area (Å²) < 4.78 is 31.7. The van der Waals surface area contributed by atoms with Gasteiger partial charge in [-0.25, -0.2) is 8.42 Å². The molecule has 0 amide bonds. The van der Waals surface area contributed by atoms with E-state index in [-0.39, 0.29) is 11.2 Å². The molecule has 0 aliphatic carbocycles. The molecule has 0 N–H and O–H groups in total. The van der Waals surface area contributed by atoms with Crippen molar-refractivity contribution < 1.29 is 13.2 Å². The lowest BCUT2D eigenvalue weighted by Crippen LogP contribution is -2.20. The van der Waals surface area contributed by atoms with Crippen LogP contribution < -0.4 is 0 Å². The van der Waals surface area contributed by atoms with Gasteiger partial charge in [0.05, 0.1) is 35.5 Å². The van der Waals surface area contributed by atoms with E-state index in [1.54, 1.807) is 25.4 Å². The average Bonchev–Trinajstić information content (AvgIpc) is 2.75. The molecule has 0 saturated carbocycles. The molecule has 0 atom stereocenters. The quantitative estimate of drug-likeness (QED) is 0.851. The van der Waals surface area contributed by atoms with Gasteiger partial charge in [0.2, 0.25) is 0 Å². The van der Waals surface area contributed by atoms with Crippen molar-refractivity contribution in [3.05, 3.63) is 24.4 Å². The Hall–Kier alpha value is -1.40. The number of fused-ring (bicyclic) bond motifs is 1. The Morgan fingerprint density at radius 1 is 1.29 bits per heavy atom. The molecule has 1 aromatic heterocycles. The highest BCUT2D eigenvalue weighted by atomic mass is 32.2. The van der Waals surface area contributed by atoms with Gasteiger partial charge in [-0.3, -0.25) is 4.68 Å². The molecule has 0 aliphatic heterocycles. The van der Waals surface area contributed by atoms with Crippen LogP contribution in [-0.4, -0.2) is 37.7 Å². The van der Waals surface area contributed by atoms with Gasteiger partial charge in [0.25, 0.3) is 0 Å². The number of sulfone groups is 1. The summed E-state index contributed by atoms with van der Waals surface area (Å²) >= 11 is 0. The number of ether oxygens (including phenoxy) is 1. The Labute approximate surface area is 125 Å². The molecule has 0 fully saturated rings. The second-order valence-electron chi connectivity index (χ2n) is 6.40. The van der Waals surface area contributed by atoms with Crippen LogP contribution in [0.2, 0.25) is 0 Å². The van der Waals surface area contributed by atoms with Crippen molar-refractivity contribution in [1.82, 2.24) is 9.78 Å². The molecule has 0 spiro atoms. The SMILES string of the molecule is COCCn1ncc2cc(S(=O)(=O)CC(C)(C)C)ccc21. The summed E-state index contributed by atoms with van der Waals surface area (Å²) in [6.45, 7) is 6.98. The van der Waals surface area contributed by atoms with Crippen molar-refractivity contribution in [2.45, 2.75) is 32.2 Å². The maximum absolute atomic E-state index is 12.4. The van der Waals surface area contributed by atoms with Crippen molar-refractivity contribution in [3.8, 4) is 0 Å². The summed E-state index contributed by atoms with van der Waals surface area (Å²) in [5.41, 5.74) is 0.651. The van der Waals surface area contributed by atoms with Crippen molar-refractivity contribution >= 4 is 20.7 Å². The van der Waals surface area contributed by atoms with E-state index in [1.807, 2.05) is 31.5 Å². The molecule has 21 heavy (non-hydrogen) atoms. The largest absolute Gasteiger partial charge is 0.383 e. The summed E-state index contributed by atoms with van der Waals surface area (Å²) in [7, 11) is -1.64. The number of aromatic nitrogens is 2. The molecular weight excluding hydrogens is 288 g/mol. The molecule has 6 heteroatoms. The van der Waals surface area contributed by atoms with Gasteiger partial charge >= 0.3 is 0 Å². The van der Waals surface area contributed by atoms with E-state index in [1.165, 1.54) is 0 Å². The lowest BCUT2D eigenvalue weighted by Gasteiger charge is -2.18. The van der Waals surface area contributed by atoms with Gasteiger partial charge in [0.15, 0.2) is 9.84 Å². The second kappa shape index (κ2) is 5.77. The van der Waals surface area contributed by atoms with Gasteiger partial charge < -0.3 is 4.74 Å². The Kier molecular flexibility index (Phi) is 4.39. The van der Waals surface area contributed by atoms with E-state index in [4.69, 9.17) is 4.74 Å². The fraction of sp³-hybridized carbons (Fsp3) is 0.533. The van der Waals surface area contributed by atoms with Crippen molar-refractivity contribution in [3.63, 3.8) is 0 Å². The van der Waals surface area contributed by atoms with Gasteiger partial charge in [-0.1, -0.05) is 20.8 Å². The molecule has 5 nitrogen and oxygen atoms in total. The van der Waals surface area contributed by atoms with E-state index >= 15 is 0 Å². The van der Waals surface area contributed by atoms with Crippen molar-refractivity contribution in [2.75, 3.05) is 19.5 Å². The van der Waals surface area contributed by atoms with Crippen LogP contribution in [0.3, 0.4) is 0 Å². The molecule has 116 valence electrons. The monoisotopic (exact) mass is 310 g/mol. The van der Waals surface area contributed by atoms with Crippen LogP contribution in [0, 0.1) is 5.41 Å². The summed E-state index contributed by atoms with van der Waals surface area (Å²) in [5, 5.41) is 5.11. The summed E-state index contributed by atoms with van der Waals surface area (Å²) in [5.74, 6) is 0.128. The molecular formula is C15H22N2O3S. The van der Waals surface area contributed by atoms with Gasteiger partial charge in [-0.2, -0.15) is 5.10 Å². The van der Waals surface area contributed by atoms with Crippen LogP contribution in [0.4, 0.5) is 0 Å². The highest BCUT2D eigenvalue weighted by molar-refractivity contribution is 7.91. The maximum atomic E-state index is 12.4. The summed E-state index contributed by atoms with van der Waals surface area (Å²) in [6, 6.07) is 5.18. The summed E-state index contributed by atoms with van der Waals surface area (Å²) in [6.07, 6.45) is 1.70. The predicted octanol–water partition coefficient (Wildman–Crippen LogP) is 2.50. The smallest absolute Gasteiger partial charge is 0.178 e. The number of nitrogens with zero attached hydrogens (tertiary/aromatic N) is 2. The van der Waals surface area contributed by atoms with Crippen LogP contribution in [0.1, 0.15) is 20.8 Å². The third-order valence-corrected chi connectivity index (χ3v) is 5.32. The fourth-order valence-corrected chi connectivity index (χ4v) is 4.16. The van der Waals surface area contributed by atoms with E-state index in [9.17, 15) is 8.42 Å². The number of hydrogen-bond donors (Lipinski definition) is 0. The zero-order valence-electron chi connectivity index (χ0n) is 13.0. The molecule has 0 bridgehead atoms. The molecule has 0 saturated heterocycles. The first-order valence-corrected chi connectivity index (χ1v) is 8.55. The Balaban J connectivity index is 2.36. The standard InChI is InChI=1S/C15H22N2O3S/c1-15(2,3)11-21(18,19)13-5-6-14-12(9-13)10-16-17(14)7-8-20-4/h5-6,9-10H,7-8,11H2,1-4H3. The minimum atomic E-state index is -3.28. The molecule has 0 unspecified atom stereocenters. The van der Waals surface area contributed by atoms with Crippen LogP contribution in [0.25, 0.3) is 10.9 Å². The minimum Gasteiger partial charge on any atom is -0.383 e. The molecule has 1 aromatic carbocycles. The van der Waals surface area contributed by atoms with Crippen molar-refractivity contribution in [2.24, 2.45) is 5.41 Å². The highest BCUT2D eigenvalue weighted by Crippen LogP contribution is 2.25. The van der Waals surface area contributed by atoms with Crippen molar-refractivity contribution in [1.29, 1.82) is 0 Å². The van der Waals surface area contributed by atoms with Crippen LogP contribution in [-0.2, 0) is 21.1 Å². The van der Waals surface area contributed by atoms with E-state index < -0.39 is 9.84 Å². The Morgan fingerprint density at radius 2 is 2.00 bits per heavy atom. The van der Waals surface area contributed by atoms with Crippen LogP contribution in [0.15, 0.2) is 29.3 Å². The minimum absolute atomic E-state index is 0.128. The molecule has 2 aromatic rings. The zero-order chi connectivity index (χ0) is 15.7. The van der Waals surface area contributed by atoms with Gasteiger partial charge in [-0.05, 0) is 23.6 Å². The zero-order valence-corrected chi connectivity index (χ0v) is 13.8. The number of benzene rings is 1. The third-order valence-electron chi connectivity index (χ3n) is 3.10. The lowest BCUT2D eigenvalue weighted by molar-refractivity contribution is 0.185. The lowest BCUT2D eigenvalue weighted by atomic mass is 10.0. The van der Waals surface area contributed by atoms with Crippen LogP contribution >= 0.6 is 0 Å². The topological polar surface area (TPSA) is 61.2 Å². The van der Waals surface area contributed by atoms with Gasteiger partial charge in [-0.15, -0.1) is 0 Å². The number of rotatable bonds is 5. The first-order chi connectivity index (χ1) is 9.73. The molecule has 0 radical (unpaired) electrons. The number of hydrogen-bond acceptors (Lipinski definition) is 4. The predicted molar refractivity (Wildman–Crippen MR) is 83.1 cm³/mol.